The molecular weight excluding hydrogens is 288 g/mol. The van der Waals surface area contributed by atoms with E-state index in [9.17, 15) is 9.59 Å². The Kier molecular flexibility index (Phi) is 4.48. The first kappa shape index (κ1) is 15.3. The highest BCUT2D eigenvalue weighted by Gasteiger charge is 2.19. The lowest BCUT2D eigenvalue weighted by Crippen LogP contribution is -2.24. The fraction of sp³-hybridized carbons (Fsp3) is 0.250. The molecule has 2 aromatic rings. The number of nitrogens with one attached hydrogen (secondary N) is 2. The van der Waals surface area contributed by atoms with Crippen LogP contribution >= 0.6 is 11.6 Å². The lowest BCUT2D eigenvalue weighted by molar-refractivity contribution is 0.0949. The molecule has 0 aliphatic heterocycles. The van der Waals surface area contributed by atoms with E-state index >= 15 is 0 Å². The van der Waals surface area contributed by atoms with Gasteiger partial charge >= 0.3 is 0 Å². The number of halogens is 1. The number of aromatic amines is 1. The number of benzene rings is 1. The Balaban J connectivity index is 2.18. The summed E-state index contributed by atoms with van der Waals surface area (Å²) in [5, 5.41) is 3.45. The molecular formula is C16H17ClN2O2. The Morgan fingerprint density at radius 2 is 1.90 bits per heavy atom. The second-order valence-corrected chi connectivity index (χ2v) is 5.36. The van der Waals surface area contributed by atoms with Gasteiger partial charge in [-0.1, -0.05) is 29.8 Å². The fourth-order valence-electron chi connectivity index (χ4n) is 2.35. The van der Waals surface area contributed by atoms with Crippen molar-refractivity contribution in [3.63, 3.8) is 0 Å². The Morgan fingerprint density at radius 3 is 2.48 bits per heavy atom. The molecule has 0 bridgehead atoms. The van der Waals surface area contributed by atoms with Crippen LogP contribution in [0.5, 0.6) is 0 Å². The first-order valence-corrected chi connectivity index (χ1v) is 7.01. The topological polar surface area (TPSA) is 62.0 Å². The zero-order valence-electron chi connectivity index (χ0n) is 12.2. The number of Topliss-reactive ketones (excluding diaryl/α,β-unsaturated/α-hetero) is 1. The van der Waals surface area contributed by atoms with Gasteiger partial charge in [-0.15, -0.1) is 0 Å². The summed E-state index contributed by atoms with van der Waals surface area (Å²) in [6.07, 6.45) is 0. The molecule has 1 aromatic heterocycles. The molecule has 2 N–H and O–H groups in total. The minimum atomic E-state index is -0.214. The van der Waals surface area contributed by atoms with E-state index in [0.717, 1.165) is 5.56 Å². The van der Waals surface area contributed by atoms with Gasteiger partial charge < -0.3 is 10.3 Å². The standard InChI is InChI=1S/C16H17ClN2O2/c1-9-14(10(2)19-15(9)11(3)20)16(21)18-8-12-6-4-5-7-13(12)17/h4-7,19H,8H2,1-3H3,(H,18,21). The van der Waals surface area contributed by atoms with Crippen LogP contribution in [-0.4, -0.2) is 16.7 Å². The predicted octanol–water partition coefficient (Wildman–Crippen LogP) is 3.42. The van der Waals surface area contributed by atoms with Crippen molar-refractivity contribution in [2.45, 2.75) is 27.3 Å². The molecule has 0 aliphatic carbocycles. The van der Waals surface area contributed by atoms with Crippen molar-refractivity contribution in [2.75, 3.05) is 0 Å². The average Bonchev–Trinajstić information content (AvgIpc) is 2.73. The third kappa shape index (κ3) is 3.16. The summed E-state index contributed by atoms with van der Waals surface area (Å²) < 4.78 is 0. The van der Waals surface area contributed by atoms with Gasteiger partial charge in [-0.2, -0.15) is 0 Å². The number of rotatable bonds is 4. The Hall–Kier alpha value is -2.07. The number of amides is 1. The molecule has 5 heteroatoms. The quantitative estimate of drug-likeness (QED) is 0.850. The molecule has 2 rings (SSSR count). The van der Waals surface area contributed by atoms with Gasteiger partial charge in [-0.3, -0.25) is 9.59 Å². The van der Waals surface area contributed by atoms with Crippen molar-refractivity contribution in [3.05, 3.63) is 57.4 Å². The summed E-state index contributed by atoms with van der Waals surface area (Å²) in [5.41, 5.74) is 3.22. The molecule has 0 saturated heterocycles. The van der Waals surface area contributed by atoms with E-state index in [0.29, 0.717) is 34.1 Å². The van der Waals surface area contributed by atoms with Crippen molar-refractivity contribution in [3.8, 4) is 0 Å². The first-order chi connectivity index (χ1) is 9.91. The summed E-state index contributed by atoms with van der Waals surface area (Å²) in [5.74, 6) is -0.297. The van der Waals surface area contributed by atoms with Crippen LogP contribution in [0.4, 0.5) is 0 Å². The number of carbonyl (C=O) groups excluding carboxylic acids is 2. The van der Waals surface area contributed by atoms with Gasteiger partial charge in [0.15, 0.2) is 5.78 Å². The van der Waals surface area contributed by atoms with Crippen molar-refractivity contribution in [2.24, 2.45) is 0 Å². The van der Waals surface area contributed by atoms with Crippen molar-refractivity contribution in [1.82, 2.24) is 10.3 Å². The van der Waals surface area contributed by atoms with Gasteiger partial charge in [0.2, 0.25) is 0 Å². The van der Waals surface area contributed by atoms with E-state index in [1.54, 1.807) is 19.9 Å². The first-order valence-electron chi connectivity index (χ1n) is 6.63. The number of H-pyrrole nitrogens is 1. The Labute approximate surface area is 128 Å². The molecule has 0 radical (unpaired) electrons. The number of aryl methyl sites for hydroxylation is 1. The van der Waals surface area contributed by atoms with Gasteiger partial charge in [0, 0.05) is 24.2 Å². The molecule has 110 valence electrons. The minimum absolute atomic E-state index is 0.0826. The summed E-state index contributed by atoms with van der Waals surface area (Å²) in [6, 6.07) is 7.35. The summed E-state index contributed by atoms with van der Waals surface area (Å²) in [4.78, 5) is 26.8. The molecule has 0 saturated carbocycles. The molecule has 0 atom stereocenters. The molecule has 1 aromatic carbocycles. The molecule has 21 heavy (non-hydrogen) atoms. The van der Waals surface area contributed by atoms with Gasteiger partial charge in [0.25, 0.3) is 5.91 Å². The second kappa shape index (κ2) is 6.14. The summed E-state index contributed by atoms with van der Waals surface area (Å²) in [6.45, 7) is 5.37. The second-order valence-electron chi connectivity index (χ2n) is 4.96. The lowest BCUT2D eigenvalue weighted by atomic mass is 10.1. The van der Waals surface area contributed by atoms with Crippen molar-refractivity contribution in [1.29, 1.82) is 0 Å². The van der Waals surface area contributed by atoms with Crippen LogP contribution in [0.2, 0.25) is 5.02 Å². The van der Waals surface area contributed by atoms with Gasteiger partial charge in [0.1, 0.15) is 0 Å². The largest absolute Gasteiger partial charge is 0.355 e. The molecule has 0 aliphatic rings. The zero-order valence-corrected chi connectivity index (χ0v) is 13.0. The molecule has 4 nitrogen and oxygen atoms in total. The zero-order chi connectivity index (χ0) is 15.6. The van der Waals surface area contributed by atoms with E-state index in [4.69, 9.17) is 11.6 Å². The van der Waals surface area contributed by atoms with Gasteiger partial charge in [-0.25, -0.2) is 0 Å². The van der Waals surface area contributed by atoms with E-state index < -0.39 is 0 Å². The summed E-state index contributed by atoms with van der Waals surface area (Å²) >= 11 is 6.06. The molecule has 0 fully saturated rings. The third-order valence-electron chi connectivity index (χ3n) is 3.41. The van der Waals surface area contributed by atoms with Crippen LogP contribution in [0, 0.1) is 13.8 Å². The third-order valence-corrected chi connectivity index (χ3v) is 3.78. The average molecular weight is 305 g/mol. The lowest BCUT2D eigenvalue weighted by Gasteiger charge is -2.07. The monoisotopic (exact) mass is 304 g/mol. The van der Waals surface area contributed by atoms with Gasteiger partial charge in [-0.05, 0) is 31.0 Å². The van der Waals surface area contributed by atoms with Gasteiger partial charge in [0.05, 0.1) is 11.3 Å². The molecule has 1 amide bonds. The number of ketones is 1. The Morgan fingerprint density at radius 1 is 1.24 bits per heavy atom. The number of hydrogen-bond donors (Lipinski definition) is 2. The highest BCUT2D eigenvalue weighted by Crippen LogP contribution is 2.19. The number of aromatic nitrogens is 1. The van der Waals surface area contributed by atoms with Crippen molar-refractivity contribution < 1.29 is 9.59 Å². The van der Waals surface area contributed by atoms with Crippen molar-refractivity contribution >= 4 is 23.3 Å². The Bertz CT molecular complexity index is 704. The maximum Gasteiger partial charge on any atom is 0.253 e. The van der Waals surface area contributed by atoms with E-state index in [-0.39, 0.29) is 11.7 Å². The van der Waals surface area contributed by atoms with Crippen LogP contribution in [0.25, 0.3) is 0 Å². The SMILES string of the molecule is CC(=O)c1[nH]c(C)c(C(=O)NCc2ccccc2Cl)c1C. The smallest absolute Gasteiger partial charge is 0.253 e. The summed E-state index contributed by atoms with van der Waals surface area (Å²) in [7, 11) is 0. The minimum Gasteiger partial charge on any atom is -0.355 e. The van der Waals surface area contributed by atoms with Crippen LogP contribution in [0.1, 0.15) is 44.6 Å². The fourth-order valence-corrected chi connectivity index (χ4v) is 2.55. The maximum absolute atomic E-state index is 12.3. The number of hydrogen-bond acceptors (Lipinski definition) is 2. The normalized spacial score (nSPS) is 10.5. The predicted molar refractivity (Wildman–Crippen MR) is 82.9 cm³/mol. The van der Waals surface area contributed by atoms with E-state index in [1.807, 2.05) is 18.2 Å². The number of carbonyl (C=O) groups is 2. The van der Waals surface area contributed by atoms with Crippen LogP contribution in [0.3, 0.4) is 0 Å². The van der Waals surface area contributed by atoms with E-state index in [2.05, 4.69) is 10.3 Å². The molecule has 0 spiro atoms. The molecule has 1 heterocycles. The van der Waals surface area contributed by atoms with Crippen LogP contribution < -0.4 is 5.32 Å². The van der Waals surface area contributed by atoms with E-state index in [1.165, 1.54) is 6.92 Å². The highest BCUT2D eigenvalue weighted by atomic mass is 35.5. The van der Waals surface area contributed by atoms with Crippen LogP contribution in [0.15, 0.2) is 24.3 Å². The highest BCUT2D eigenvalue weighted by molar-refractivity contribution is 6.31. The van der Waals surface area contributed by atoms with Crippen LogP contribution in [-0.2, 0) is 6.54 Å². The molecule has 0 unspecified atom stereocenters. The maximum atomic E-state index is 12.3.